The van der Waals surface area contributed by atoms with E-state index in [1.807, 2.05) is 0 Å². The van der Waals surface area contributed by atoms with Crippen molar-refractivity contribution in [2.45, 2.75) is 11.1 Å². The summed E-state index contributed by atoms with van der Waals surface area (Å²) in [5.41, 5.74) is -1.41. The molecule has 1 aliphatic rings. The molecule has 0 unspecified atom stereocenters. The molecule has 0 aliphatic carbocycles. The number of ether oxygens (including phenoxy) is 2. The molecule has 190 valence electrons. The van der Waals surface area contributed by atoms with E-state index in [2.05, 4.69) is 5.32 Å². The van der Waals surface area contributed by atoms with Gasteiger partial charge < -0.3 is 14.8 Å². The summed E-state index contributed by atoms with van der Waals surface area (Å²) in [7, 11) is -3.96. The number of hydrogen-bond acceptors (Lipinski definition) is 5. The lowest BCUT2D eigenvalue weighted by molar-refractivity contribution is -0.137. The zero-order chi connectivity index (χ0) is 25.9. The summed E-state index contributed by atoms with van der Waals surface area (Å²) in [6.45, 7) is 0.735. The highest BCUT2D eigenvalue weighted by atomic mass is 32.2. The number of carbonyl (C=O) groups is 1. The first-order chi connectivity index (χ1) is 17.0. The fourth-order valence-electron chi connectivity index (χ4n) is 3.45. The van der Waals surface area contributed by atoms with E-state index in [1.165, 1.54) is 34.6 Å². The molecule has 0 saturated carbocycles. The fourth-order valence-corrected chi connectivity index (χ4v) is 4.89. The normalized spacial score (nSPS) is 14.9. The Bertz CT molecular complexity index is 1360. The van der Waals surface area contributed by atoms with E-state index >= 15 is 0 Å². The minimum atomic E-state index is -4.65. The monoisotopic (exact) mass is 524 g/mol. The van der Waals surface area contributed by atoms with Crippen molar-refractivity contribution >= 4 is 21.6 Å². The summed E-state index contributed by atoms with van der Waals surface area (Å²) in [5.74, 6) is -1.23. The van der Waals surface area contributed by atoms with Gasteiger partial charge in [0.05, 0.1) is 29.4 Å². The molecule has 0 aromatic heterocycles. The molecule has 0 spiro atoms. The summed E-state index contributed by atoms with van der Waals surface area (Å²) >= 11 is 0. The van der Waals surface area contributed by atoms with Gasteiger partial charge in [-0.1, -0.05) is 6.07 Å². The molecule has 1 N–H and O–H groups in total. The molecule has 0 bridgehead atoms. The topological polar surface area (TPSA) is 84.9 Å². The molecule has 1 saturated heterocycles. The molecule has 0 radical (unpaired) electrons. The van der Waals surface area contributed by atoms with Crippen molar-refractivity contribution in [2.75, 3.05) is 31.6 Å². The van der Waals surface area contributed by atoms with E-state index < -0.39 is 33.5 Å². The number of alkyl halides is 3. The van der Waals surface area contributed by atoms with Crippen LogP contribution in [0.15, 0.2) is 71.6 Å². The highest BCUT2D eigenvalue weighted by molar-refractivity contribution is 7.89. The number of sulfonamides is 1. The van der Waals surface area contributed by atoms with Crippen LogP contribution in [0.25, 0.3) is 0 Å². The Morgan fingerprint density at radius 3 is 2.33 bits per heavy atom. The molecule has 0 atom stereocenters. The van der Waals surface area contributed by atoms with Gasteiger partial charge in [-0.05, 0) is 60.7 Å². The summed E-state index contributed by atoms with van der Waals surface area (Å²) in [4.78, 5) is 12.7. The van der Waals surface area contributed by atoms with Crippen molar-refractivity contribution in [3.8, 4) is 11.5 Å². The number of benzene rings is 3. The average molecular weight is 524 g/mol. The molecule has 1 amide bonds. The first-order valence-corrected chi connectivity index (χ1v) is 12.1. The number of nitrogens with one attached hydrogen (secondary N) is 1. The van der Waals surface area contributed by atoms with E-state index in [9.17, 15) is 30.8 Å². The van der Waals surface area contributed by atoms with Gasteiger partial charge in [-0.2, -0.15) is 17.5 Å². The maximum atomic E-state index is 13.3. The minimum Gasteiger partial charge on any atom is -0.455 e. The molecule has 1 fully saturated rings. The lowest BCUT2D eigenvalue weighted by Gasteiger charge is -2.26. The number of nitrogens with zero attached hydrogens (tertiary/aromatic N) is 1. The van der Waals surface area contributed by atoms with E-state index in [-0.39, 0.29) is 53.9 Å². The third-order valence-electron chi connectivity index (χ3n) is 5.30. The predicted molar refractivity (Wildman–Crippen MR) is 122 cm³/mol. The minimum absolute atomic E-state index is 0.00265. The van der Waals surface area contributed by atoms with Crippen LogP contribution < -0.4 is 10.1 Å². The van der Waals surface area contributed by atoms with Crippen LogP contribution in [0.1, 0.15) is 15.9 Å². The summed E-state index contributed by atoms with van der Waals surface area (Å²) in [6, 6.07) is 12.5. The van der Waals surface area contributed by atoms with Crippen LogP contribution in [0, 0.1) is 5.82 Å². The Morgan fingerprint density at radius 2 is 1.67 bits per heavy atom. The number of carbonyl (C=O) groups excluding carboxylic acids is 1. The van der Waals surface area contributed by atoms with Crippen LogP contribution in [0.4, 0.5) is 23.2 Å². The Hall–Kier alpha value is -3.48. The second-order valence-corrected chi connectivity index (χ2v) is 9.70. The Labute approximate surface area is 204 Å². The highest BCUT2D eigenvalue weighted by Crippen LogP contribution is 2.34. The summed E-state index contributed by atoms with van der Waals surface area (Å²) in [5, 5.41) is 2.44. The van der Waals surface area contributed by atoms with Gasteiger partial charge in [-0.15, -0.1) is 0 Å². The van der Waals surface area contributed by atoms with Crippen LogP contribution in [-0.2, 0) is 20.9 Å². The maximum absolute atomic E-state index is 13.3. The highest BCUT2D eigenvalue weighted by Gasteiger charge is 2.31. The van der Waals surface area contributed by atoms with Crippen molar-refractivity contribution in [1.82, 2.24) is 4.31 Å². The van der Waals surface area contributed by atoms with Gasteiger partial charge in [0.15, 0.2) is 5.75 Å². The zero-order valence-electron chi connectivity index (χ0n) is 18.6. The SMILES string of the molecule is O=C(Nc1cc(S(=O)(=O)N2CCOCC2)ccc1Oc1ccc(F)cc1)c1cccc(C(F)(F)F)c1. The molecule has 3 aromatic rings. The number of anilines is 1. The Balaban J connectivity index is 1.70. The van der Waals surface area contributed by atoms with Crippen LogP contribution in [0.3, 0.4) is 0 Å². The maximum Gasteiger partial charge on any atom is 0.416 e. The molecule has 3 aromatic carbocycles. The van der Waals surface area contributed by atoms with Gasteiger partial charge in [-0.3, -0.25) is 4.79 Å². The largest absolute Gasteiger partial charge is 0.455 e. The molecule has 36 heavy (non-hydrogen) atoms. The van der Waals surface area contributed by atoms with Crippen molar-refractivity contribution in [3.05, 3.63) is 83.7 Å². The standard InChI is InChI=1S/C24H20F4N2O5S/c25-18-4-6-19(7-5-18)35-22-9-8-20(36(32,33)30-10-12-34-13-11-30)15-21(22)29-23(31)16-2-1-3-17(14-16)24(26,27)28/h1-9,14-15H,10-13H2,(H,29,31). The third kappa shape index (κ3) is 5.83. The van der Waals surface area contributed by atoms with Gasteiger partial charge >= 0.3 is 6.18 Å². The molecule has 1 aliphatic heterocycles. The molecule has 12 heteroatoms. The number of rotatable bonds is 6. The predicted octanol–water partition coefficient (Wildman–Crippen LogP) is 4.91. The van der Waals surface area contributed by atoms with Crippen LogP contribution in [0.2, 0.25) is 0 Å². The van der Waals surface area contributed by atoms with Gasteiger partial charge in [0, 0.05) is 18.7 Å². The van der Waals surface area contributed by atoms with Crippen molar-refractivity contribution < 1.29 is 40.2 Å². The van der Waals surface area contributed by atoms with Crippen LogP contribution in [-0.4, -0.2) is 44.9 Å². The quantitative estimate of drug-likeness (QED) is 0.464. The molecule has 1 heterocycles. The lowest BCUT2D eigenvalue weighted by Crippen LogP contribution is -2.40. The second-order valence-electron chi connectivity index (χ2n) is 7.76. The van der Waals surface area contributed by atoms with Gasteiger partial charge in [-0.25, -0.2) is 12.8 Å². The first-order valence-electron chi connectivity index (χ1n) is 10.7. The number of amides is 1. The van der Waals surface area contributed by atoms with Gasteiger partial charge in [0.1, 0.15) is 11.6 Å². The Kier molecular flexibility index (Phi) is 7.29. The first kappa shape index (κ1) is 25.6. The summed E-state index contributed by atoms with van der Waals surface area (Å²) in [6.07, 6.45) is -4.65. The van der Waals surface area contributed by atoms with Crippen molar-refractivity contribution in [2.24, 2.45) is 0 Å². The van der Waals surface area contributed by atoms with Crippen LogP contribution >= 0.6 is 0 Å². The van der Waals surface area contributed by atoms with E-state index in [1.54, 1.807) is 0 Å². The number of halogens is 4. The van der Waals surface area contributed by atoms with Crippen LogP contribution in [0.5, 0.6) is 11.5 Å². The smallest absolute Gasteiger partial charge is 0.416 e. The van der Waals surface area contributed by atoms with E-state index in [0.717, 1.165) is 30.3 Å². The van der Waals surface area contributed by atoms with Gasteiger partial charge in [0.25, 0.3) is 5.91 Å². The summed E-state index contributed by atoms with van der Waals surface area (Å²) < 4.78 is 90.9. The van der Waals surface area contributed by atoms with Gasteiger partial charge in [0.2, 0.25) is 10.0 Å². The Morgan fingerprint density at radius 1 is 0.972 bits per heavy atom. The van der Waals surface area contributed by atoms with Crippen molar-refractivity contribution in [3.63, 3.8) is 0 Å². The zero-order valence-corrected chi connectivity index (χ0v) is 19.4. The number of hydrogen-bond donors (Lipinski definition) is 1. The third-order valence-corrected chi connectivity index (χ3v) is 7.20. The molecular formula is C24H20F4N2O5S. The lowest BCUT2D eigenvalue weighted by atomic mass is 10.1. The number of morpholine rings is 1. The van der Waals surface area contributed by atoms with E-state index in [0.29, 0.717) is 6.07 Å². The average Bonchev–Trinajstić information content (AvgIpc) is 2.86. The fraction of sp³-hybridized carbons (Fsp3) is 0.208. The van der Waals surface area contributed by atoms with E-state index in [4.69, 9.17) is 9.47 Å². The molecule has 7 nitrogen and oxygen atoms in total. The molecular weight excluding hydrogens is 504 g/mol. The second kappa shape index (κ2) is 10.2. The van der Waals surface area contributed by atoms with Crippen molar-refractivity contribution in [1.29, 1.82) is 0 Å². The molecule has 4 rings (SSSR count).